The molecule has 0 N–H and O–H groups in total. The van der Waals surface area contributed by atoms with Gasteiger partial charge in [-0.3, -0.25) is 0 Å². The maximum Gasteiger partial charge on any atom is 0.119 e. The first-order valence-corrected chi connectivity index (χ1v) is 4.34. The summed E-state index contributed by atoms with van der Waals surface area (Å²) >= 11 is 0. The lowest BCUT2D eigenvalue weighted by molar-refractivity contribution is -0.121. The van der Waals surface area contributed by atoms with E-state index < -0.39 is 0 Å². The molecule has 0 atom stereocenters. The first-order valence-electron chi connectivity index (χ1n) is 4.34. The number of hydrogen-bond donors (Lipinski definition) is 0. The molecule has 1 aliphatic rings. The summed E-state index contributed by atoms with van der Waals surface area (Å²) in [4.78, 5) is 10.1. The van der Waals surface area contributed by atoms with E-state index in [2.05, 4.69) is 6.92 Å². The third-order valence-electron chi connectivity index (χ3n) is 2.60. The van der Waals surface area contributed by atoms with Gasteiger partial charge in [-0.15, -0.1) is 0 Å². The number of carbonyl (C=O) groups excluding carboxylic acids is 1. The lowest BCUT2D eigenvalue weighted by atomic mass is 9.79. The number of rotatable bonds is 5. The number of ether oxygens (including phenoxy) is 1. The minimum atomic E-state index is 0.434. The largest absolute Gasteiger partial charge is 0.380 e. The fraction of sp³-hybridized carbons (Fsp3) is 0.889. The van der Waals surface area contributed by atoms with Gasteiger partial charge in [-0.1, -0.05) is 6.92 Å². The summed E-state index contributed by atoms with van der Waals surface area (Å²) in [5, 5.41) is 0. The maximum absolute atomic E-state index is 10.1. The van der Waals surface area contributed by atoms with E-state index in [1.165, 1.54) is 6.42 Å². The van der Waals surface area contributed by atoms with Crippen LogP contribution in [0.5, 0.6) is 0 Å². The number of aldehydes is 1. The van der Waals surface area contributed by atoms with E-state index >= 15 is 0 Å². The molecule has 1 fully saturated rings. The van der Waals surface area contributed by atoms with Crippen LogP contribution in [0.15, 0.2) is 0 Å². The number of carbonyl (C=O) groups is 1. The molecule has 0 aliphatic carbocycles. The molecule has 1 heterocycles. The second-order valence-corrected chi connectivity index (χ2v) is 3.41. The van der Waals surface area contributed by atoms with E-state index in [9.17, 15) is 4.79 Å². The van der Waals surface area contributed by atoms with Gasteiger partial charge in [-0.25, -0.2) is 0 Å². The predicted molar refractivity (Wildman–Crippen MR) is 43.5 cm³/mol. The molecule has 1 saturated heterocycles. The average molecular weight is 156 g/mol. The van der Waals surface area contributed by atoms with Crippen LogP contribution >= 0.6 is 0 Å². The molecule has 0 amide bonds. The van der Waals surface area contributed by atoms with Gasteiger partial charge in [0.2, 0.25) is 0 Å². The van der Waals surface area contributed by atoms with Crippen LogP contribution in [-0.2, 0) is 9.53 Å². The highest BCUT2D eigenvalue weighted by molar-refractivity contribution is 5.48. The molecular formula is C9H16O2. The van der Waals surface area contributed by atoms with E-state index in [-0.39, 0.29) is 0 Å². The van der Waals surface area contributed by atoms with Gasteiger partial charge in [0.15, 0.2) is 0 Å². The fourth-order valence-electron chi connectivity index (χ4n) is 1.48. The van der Waals surface area contributed by atoms with Crippen molar-refractivity contribution in [1.29, 1.82) is 0 Å². The molecule has 0 saturated carbocycles. The molecule has 0 aromatic heterocycles. The number of hydrogen-bond acceptors (Lipinski definition) is 2. The lowest BCUT2D eigenvalue weighted by Crippen LogP contribution is -2.41. The van der Waals surface area contributed by atoms with E-state index in [0.717, 1.165) is 32.3 Å². The summed E-state index contributed by atoms with van der Waals surface area (Å²) in [6.45, 7) is 4.01. The highest BCUT2D eigenvalue weighted by Crippen LogP contribution is 2.36. The molecule has 0 spiro atoms. The van der Waals surface area contributed by atoms with Crippen molar-refractivity contribution in [2.75, 3.05) is 13.2 Å². The molecule has 1 rings (SSSR count). The molecule has 2 nitrogen and oxygen atoms in total. The van der Waals surface area contributed by atoms with Crippen LogP contribution in [0, 0.1) is 5.41 Å². The molecule has 1 aliphatic heterocycles. The number of unbranched alkanes of at least 4 members (excludes halogenated alkanes) is 1. The van der Waals surface area contributed by atoms with E-state index in [0.29, 0.717) is 11.8 Å². The van der Waals surface area contributed by atoms with Gasteiger partial charge in [0, 0.05) is 11.8 Å². The van der Waals surface area contributed by atoms with Crippen molar-refractivity contribution < 1.29 is 9.53 Å². The molecule has 0 unspecified atom stereocenters. The van der Waals surface area contributed by atoms with Crippen LogP contribution in [0.25, 0.3) is 0 Å². The van der Waals surface area contributed by atoms with Crippen molar-refractivity contribution in [3.05, 3.63) is 0 Å². The molecule has 11 heavy (non-hydrogen) atoms. The summed E-state index contributed by atoms with van der Waals surface area (Å²) in [7, 11) is 0. The molecule has 0 radical (unpaired) electrons. The average Bonchev–Trinajstić information content (AvgIpc) is 1.95. The highest BCUT2D eigenvalue weighted by atomic mass is 16.5. The van der Waals surface area contributed by atoms with E-state index in [1.807, 2.05) is 0 Å². The van der Waals surface area contributed by atoms with Crippen LogP contribution in [0.4, 0.5) is 0 Å². The second kappa shape index (κ2) is 3.86. The van der Waals surface area contributed by atoms with E-state index in [1.54, 1.807) is 0 Å². The zero-order valence-corrected chi connectivity index (χ0v) is 7.14. The Labute approximate surface area is 67.9 Å². The first-order chi connectivity index (χ1) is 5.33. The summed E-state index contributed by atoms with van der Waals surface area (Å²) in [6, 6.07) is 0. The topological polar surface area (TPSA) is 26.3 Å². The Hall–Kier alpha value is -0.370. The maximum atomic E-state index is 10.1. The molecule has 64 valence electrons. The van der Waals surface area contributed by atoms with Gasteiger partial charge in [0.05, 0.1) is 13.2 Å². The fourth-order valence-corrected chi connectivity index (χ4v) is 1.48. The summed E-state index contributed by atoms with van der Waals surface area (Å²) in [6.07, 6.45) is 5.08. The minimum Gasteiger partial charge on any atom is -0.380 e. The standard InChI is InChI=1S/C9H16O2/c1-2-9(7-11-8-9)5-3-4-6-10/h6H,2-5,7-8H2,1H3. The summed E-state index contributed by atoms with van der Waals surface area (Å²) < 4.78 is 5.17. The molecule has 0 aromatic rings. The Morgan fingerprint density at radius 2 is 2.27 bits per heavy atom. The normalized spacial score (nSPS) is 20.8. The van der Waals surface area contributed by atoms with Crippen molar-refractivity contribution >= 4 is 6.29 Å². The van der Waals surface area contributed by atoms with Gasteiger partial charge in [-0.2, -0.15) is 0 Å². The Morgan fingerprint density at radius 3 is 2.64 bits per heavy atom. The van der Waals surface area contributed by atoms with Gasteiger partial charge in [0.1, 0.15) is 6.29 Å². The molecule has 0 bridgehead atoms. The second-order valence-electron chi connectivity index (χ2n) is 3.41. The van der Waals surface area contributed by atoms with Crippen LogP contribution in [-0.4, -0.2) is 19.5 Å². The van der Waals surface area contributed by atoms with Gasteiger partial charge >= 0.3 is 0 Å². The third kappa shape index (κ3) is 2.03. The van der Waals surface area contributed by atoms with Gasteiger partial charge in [-0.05, 0) is 19.3 Å². The van der Waals surface area contributed by atoms with Crippen molar-refractivity contribution in [3.8, 4) is 0 Å². The SMILES string of the molecule is CCC1(CCCC=O)COC1. The summed E-state index contributed by atoms with van der Waals surface area (Å²) in [5.74, 6) is 0. The first kappa shape index (κ1) is 8.72. The van der Waals surface area contributed by atoms with Crippen LogP contribution in [0.1, 0.15) is 32.6 Å². The van der Waals surface area contributed by atoms with Crippen LogP contribution < -0.4 is 0 Å². The molecular weight excluding hydrogens is 140 g/mol. The van der Waals surface area contributed by atoms with Crippen molar-refractivity contribution in [2.24, 2.45) is 5.41 Å². The van der Waals surface area contributed by atoms with Crippen molar-refractivity contribution in [1.82, 2.24) is 0 Å². The Balaban J connectivity index is 2.16. The smallest absolute Gasteiger partial charge is 0.119 e. The van der Waals surface area contributed by atoms with Gasteiger partial charge in [0.25, 0.3) is 0 Å². The van der Waals surface area contributed by atoms with Gasteiger partial charge < -0.3 is 9.53 Å². The van der Waals surface area contributed by atoms with Crippen LogP contribution in [0.2, 0.25) is 0 Å². The zero-order chi connectivity index (χ0) is 8.16. The quantitative estimate of drug-likeness (QED) is 0.448. The van der Waals surface area contributed by atoms with Crippen LogP contribution in [0.3, 0.4) is 0 Å². The molecule has 2 heteroatoms. The molecule has 0 aromatic carbocycles. The Kier molecular flexibility index (Phi) is 3.06. The Morgan fingerprint density at radius 1 is 1.55 bits per heavy atom. The lowest BCUT2D eigenvalue weighted by Gasteiger charge is -2.40. The van der Waals surface area contributed by atoms with E-state index in [4.69, 9.17) is 4.74 Å². The predicted octanol–water partition coefficient (Wildman–Crippen LogP) is 1.78. The van der Waals surface area contributed by atoms with Crippen molar-refractivity contribution in [3.63, 3.8) is 0 Å². The third-order valence-corrected chi connectivity index (χ3v) is 2.60. The highest BCUT2D eigenvalue weighted by Gasteiger charge is 2.35. The Bertz CT molecular complexity index is 122. The van der Waals surface area contributed by atoms with Crippen molar-refractivity contribution in [2.45, 2.75) is 32.6 Å². The minimum absolute atomic E-state index is 0.434. The zero-order valence-electron chi connectivity index (χ0n) is 7.14. The summed E-state index contributed by atoms with van der Waals surface area (Å²) in [5.41, 5.74) is 0.434. The monoisotopic (exact) mass is 156 g/mol.